The third-order valence-corrected chi connectivity index (χ3v) is 4.50. The van der Waals surface area contributed by atoms with E-state index >= 15 is 0 Å². The fourth-order valence-electron chi connectivity index (χ4n) is 2.92. The van der Waals surface area contributed by atoms with E-state index in [1.165, 1.54) is 12.1 Å². The van der Waals surface area contributed by atoms with Crippen LogP contribution in [-0.2, 0) is 4.74 Å². The summed E-state index contributed by atoms with van der Waals surface area (Å²) in [5, 5.41) is 10.7. The van der Waals surface area contributed by atoms with Gasteiger partial charge in [0.2, 0.25) is 0 Å². The minimum atomic E-state index is -0.315. The van der Waals surface area contributed by atoms with Crippen LogP contribution in [0.5, 0.6) is 0 Å². The lowest BCUT2D eigenvalue weighted by Gasteiger charge is -2.21. The van der Waals surface area contributed by atoms with Gasteiger partial charge in [-0.2, -0.15) is 5.10 Å². The predicted octanol–water partition coefficient (Wildman–Crippen LogP) is 3.63. The number of aromatic amines is 1. The van der Waals surface area contributed by atoms with E-state index in [2.05, 4.69) is 15.5 Å². The Bertz CT molecular complexity index is 620. The second-order valence-corrected chi connectivity index (χ2v) is 6.07. The molecule has 1 unspecified atom stereocenters. The number of nitrogens with one attached hydrogen (secondary N) is 2. The van der Waals surface area contributed by atoms with Gasteiger partial charge >= 0.3 is 0 Å². The summed E-state index contributed by atoms with van der Waals surface area (Å²) >= 11 is 6.11. The Kier molecular flexibility index (Phi) is 4.76. The molecule has 1 saturated heterocycles. The van der Waals surface area contributed by atoms with E-state index < -0.39 is 0 Å². The van der Waals surface area contributed by atoms with Crippen molar-refractivity contribution in [2.24, 2.45) is 5.92 Å². The molecule has 1 fully saturated rings. The number of hydrogen-bond acceptors (Lipinski definition) is 3. The summed E-state index contributed by atoms with van der Waals surface area (Å²) in [5.74, 6) is 0.0736. The molecule has 0 spiro atoms. The first-order chi connectivity index (χ1) is 10.6. The van der Waals surface area contributed by atoms with Crippen LogP contribution in [0.1, 0.15) is 36.6 Å². The van der Waals surface area contributed by atoms with Crippen LogP contribution in [0.3, 0.4) is 0 Å². The third kappa shape index (κ3) is 3.32. The highest BCUT2D eigenvalue weighted by atomic mass is 35.5. The Morgan fingerprint density at radius 2 is 2.41 bits per heavy atom. The molecule has 3 rings (SSSR count). The lowest BCUT2D eigenvalue weighted by atomic mass is 9.96. The van der Waals surface area contributed by atoms with Crippen LogP contribution < -0.4 is 5.32 Å². The number of halogens is 2. The second kappa shape index (κ2) is 6.77. The summed E-state index contributed by atoms with van der Waals surface area (Å²) in [7, 11) is 0. The summed E-state index contributed by atoms with van der Waals surface area (Å²) in [4.78, 5) is 0. The molecule has 3 atom stereocenters. The van der Waals surface area contributed by atoms with Crippen LogP contribution in [0.4, 0.5) is 4.39 Å². The maximum Gasteiger partial charge on any atom is 0.124 e. The first-order valence-corrected chi connectivity index (χ1v) is 7.81. The van der Waals surface area contributed by atoms with Gasteiger partial charge in [-0.3, -0.25) is 5.10 Å². The largest absolute Gasteiger partial charge is 0.373 e. The van der Waals surface area contributed by atoms with E-state index in [4.69, 9.17) is 16.3 Å². The van der Waals surface area contributed by atoms with E-state index in [9.17, 15) is 4.39 Å². The monoisotopic (exact) mass is 323 g/mol. The number of rotatable bonds is 5. The molecule has 1 aromatic carbocycles. The van der Waals surface area contributed by atoms with E-state index in [1.54, 1.807) is 6.07 Å². The summed E-state index contributed by atoms with van der Waals surface area (Å²) in [6, 6.07) is 4.57. The number of ether oxygens (including phenoxy) is 1. The minimum Gasteiger partial charge on any atom is -0.373 e. The summed E-state index contributed by atoms with van der Waals surface area (Å²) in [6.45, 7) is 3.60. The maximum absolute atomic E-state index is 13.1. The molecule has 0 radical (unpaired) electrons. The zero-order valence-electron chi connectivity index (χ0n) is 12.4. The van der Waals surface area contributed by atoms with Crippen LogP contribution in [-0.4, -0.2) is 23.3 Å². The van der Waals surface area contributed by atoms with Gasteiger partial charge in [-0.25, -0.2) is 4.39 Å². The average molecular weight is 324 g/mol. The molecule has 1 aromatic heterocycles. The fraction of sp³-hybridized carbons (Fsp3) is 0.438. The molecule has 118 valence electrons. The van der Waals surface area contributed by atoms with Crippen LogP contribution in [0.25, 0.3) is 0 Å². The summed E-state index contributed by atoms with van der Waals surface area (Å²) in [5.41, 5.74) is 1.98. The number of benzene rings is 1. The number of hydrogen-bond donors (Lipinski definition) is 2. The normalized spacial score (nSPS) is 22.9. The number of nitrogens with zero attached hydrogens (tertiary/aromatic N) is 1. The SMILES string of the molecule is CC(NC[C@H]1CCO[C@@H]1c1cn[nH]c1)c1ccc(F)cc1Cl. The molecule has 0 amide bonds. The Labute approximate surface area is 134 Å². The quantitative estimate of drug-likeness (QED) is 0.883. The first kappa shape index (κ1) is 15.5. The van der Waals surface area contributed by atoms with Gasteiger partial charge in [-0.15, -0.1) is 0 Å². The molecular formula is C16H19ClFN3O. The predicted molar refractivity (Wildman–Crippen MR) is 83.2 cm³/mol. The lowest BCUT2D eigenvalue weighted by Crippen LogP contribution is -2.27. The second-order valence-electron chi connectivity index (χ2n) is 5.67. The zero-order valence-corrected chi connectivity index (χ0v) is 13.1. The van der Waals surface area contributed by atoms with Gasteiger partial charge in [0, 0.05) is 41.9 Å². The van der Waals surface area contributed by atoms with Crippen LogP contribution >= 0.6 is 11.6 Å². The third-order valence-electron chi connectivity index (χ3n) is 4.18. The highest BCUT2D eigenvalue weighted by molar-refractivity contribution is 6.31. The van der Waals surface area contributed by atoms with Crippen molar-refractivity contribution in [3.05, 3.63) is 52.6 Å². The van der Waals surface area contributed by atoms with Gasteiger partial charge < -0.3 is 10.1 Å². The van der Waals surface area contributed by atoms with Crippen molar-refractivity contribution < 1.29 is 9.13 Å². The molecule has 1 aliphatic heterocycles. The van der Waals surface area contributed by atoms with Crippen molar-refractivity contribution in [2.45, 2.75) is 25.5 Å². The number of aromatic nitrogens is 2. The maximum atomic E-state index is 13.1. The Morgan fingerprint density at radius 1 is 1.55 bits per heavy atom. The van der Waals surface area contributed by atoms with Crippen molar-refractivity contribution in [3.63, 3.8) is 0 Å². The van der Waals surface area contributed by atoms with Gasteiger partial charge in [0.05, 0.1) is 12.3 Å². The van der Waals surface area contributed by atoms with Gasteiger partial charge in [-0.05, 0) is 31.0 Å². The molecule has 6 heteroatoms. The standard InChI is InChI=1S/C16H19ClFN3O/c1-10(14-3-2-13(18)6-15(14)17)19-7-11-4-5-22-16(11)12-8-20-21-9-12/h2-3,6,8-11,16,19H,4-5,7H2,1H3,(H,20,21)/t10?,11-,16+/m1/s1. The number of H-pyrrole nitrogens is 1. The van der Waals surface area contributed by atoms with Gasteiger partial charge in [0.15, 0.2) is 0 Å². The summed E-state index contributed by atoms with van der Waals surface area (Å²) in [6.07, 6.45) is 4.77. The lowest BCUT2D eigenvalue weighted by molar-refractivity contribution is 0.0900. The highest BCUT2D eigenvalue weighted by Crippen LogP contribution is 2.34. The zero-order chi connectivity index (χ0) is 15.5. The molecule has 0 aliphatic carbocycles. The van der Waals surface area contributed by atoms with Crippen molar-refractivity contribution in [1.82, 2.24) is 15.5 Å². The molecule has 22 heavy (non-hydrogen) atoms. The molecule has 2 N–H and O–H groups in total. The molecule has 0 saturated carbocycles. The molecule has 2 heterocycles. The first-order valence-electron chi connectivity index (χ1n) is 7.43. The smallest absolute Gasteiger partial charge is 0.124 e. The van der Waals surface area contributed by atoms with Crippen molar-refractivity contribution in [3.8, 4) is 0 Å². The minimum absolute atomic E-state index is 0.0544. The molecular weight excluding hydrogens is 305 g/mol. The van der Waals surface area contributed by atoms with Crippen molar-refractivity contribution >= 4 is 11.6 Å². The Hall–Kier alpha value is -1.43. The van der Waals surface area contributed by atoms with Crippen molar-refractivity contribution in [2.75, 3.05) is 13.2 Å². The van der Waals surface area contributed by atoms with Gasteiger partial charge in [0.1, 0.15) is 5.82 Å². The van der Waals surface area contributed by atoms with Gasteiger partial charge in [0.25, 0.3) is 0 Å². The Balaban J connectivity index is 1.62. The van der Waals surface area contributed by atoms with Crippen LogP contribution in [0.15, 0.2) is 30.6 Å². The van der Waals surface area contributed by atoms with E-state index in [-0.39, 0.29) is 18.0 Å². The molecule has 0 bridgehead atoms. The van der Waals surface area contributed by atoms with E-state index in [0.717, 1.165) is 30.7 Å². The Morgan fingerprint density at radius 3 is 3.14 bits per heavy atom. The van der Waals surface area contributed by atoms with E-state index in [0.29, 0.717) is 10.9 Å². The summed E-state index contributed by atoms with van der Waals surface area (Å²) < 4.78 is 18.9. The molecule has 2 aromatic rings. The molecule has 4 nitrogen and oxygen atoms in total. The topological polar surface area (TPSA) is 49.9 Å². The van der Waals surface area contributed by atoms with Crippen LogP contribution in [0.2, 0.25) is 5.02 Å². The van der Waals surface area contributed by atoms with Gasteiger partial charge in [-0.1, -0.05) is 17.7 Å². The van der Waals surface area contributed by atoms with Crippen molar-refractivity contribution in [1.29, 1.82) is 0 Å². The average Bonchev–Trinajstić information content (AvgIpc) is 3.15. The fourth-order valence-corrected chi connectivity index (χ4v) is 3.25. The molecule has 1 aliphatic rings. The highest BCUT2D eigenvalue weighted by Gasteiger charge is 2.30. The van der Waals surface area contributed by atoms with Crippen LogP contribution in [0, 0.1) is 11.7 Å². The van der Waals surface area contributed by atoms with E-state index in [1.807, 2.05) is 19.3 Å².